The first-order valence-electron chi connectivity index (χ1n) is 4.42. The first kappa shape index (κ1) is 11.6. The lowest BCUT2D eigenvalue weighted by atomic mass is 10.3. The number of phenolic OH excluding ortho intramolecular Hbond substituents is 2. The van der Waals surface area contributed by atoms with Crippen LogP contribution >= 0.6 is 23.6 Å². The number of aromatic hydroxyl groups is 3. The number of aromatic amines is 1. The van der Waals surface area contributed by atoms with E-state index in [1.54, 1.807) is 0 Å². The van der Waals surface area contributed by atoms with E-state index < -0.39 is 0 Å². The van der Waals surface area contributed by atoms with Gasteiger partial charge in [-0.2, -0.15) is 0 Å². The van der Waals surface area contributed by atoms with Crippen molar-refractivity contribution in [2.24, 2.45) is 10.2 Å². The van der Waals surface area contributed by atoms with Crippen LogP contribution in [0.1, 0.15) is 0 Å². The number of thiazole rings is 1. The molecule has 0 fully saturated rings. The molecule has 1 aromatic carbocycles. The van der Waals surface area contributed by atoms with Crippen LogP contribution in [0.3, 0.4) is 0 Å². The Kier molecular flexibility index (Phi) is 3.07. The Morgan fingerprint density at radius 1 is 1.18 bits per heavy atom. The van der Waals surface area contributed by atoms with Crippen molar-refractivity contribution >= 4 is 34.2 Å². The van der Waals surface area contributed by atoms with Gasteiger partial charge in [-0.25, -0.2) is 0 Å². The zero-order valence-corrected chi connectivity index (χ0v) is 9.92. The molecule has 0 saturated heterocycles. The number of benzene rings is 1. The van der Waals surface area contributed by atoms with Gasteiger partial charge in [-0.3, -0.25) is 0 Å². The Labute approximate surface area is 105 Å². The minimum Gasteiger partial charge on any atom is -0.508 e. The number of H-pyrrole nitrogens is 1. The summed E-state index contributed by atoms with van der Waals surface area (Å²) >= 11 is 5.87. The molecule has 4 N–H and O–H groups in total. The maximum Gasteiger partial charge on any atom is 0.229 e. The summed E-state index contributed by atoms with van der Waals surface area (Å²) in [5.41, 5.74) is 0.182. The molecule has 0 aliphatic carbocycles. The van der Waals surface area contributed by atoms with Crippen LogP contribution in [0.4, 0.5) is 10.7 Å². The highest BCUT2D eigenvalue weighted by Crippen LogP contribution is 2.35. The molecule has 1 heterocycles. The second kappa shape index (κ2) is 4.52. The second-order valence-corrected chi connectivity index (χ2v) is 4.71. The Balaban J connectivity index is 2.32. The van der Waals surface area contributed by atoms with Crippen LogP contribution in [-0.4, -0.2) is 20.3 Å². The van der Waals surface area contributed by atoms with E-state index in [1.807, 2.05) is 0 Å². The van der Waals surface area contributed by atoms with Crippen molar-refractivity contribution in [2.45, 2.75) is 0 Å². The summed E-state index contributed by atoms with van der Waals surface area (Å²) in [6, 6.07) is 3.91. The molecule has 2 aromatic rings. The Bertz CT molecular complexity index is 633. The molecule has 1 aromatic heterocycles. The number of hydrogen-bond acceptors (Lipinski definition) is 7. The molecule has 0 spiro atoms. The summed E-state index contributed by atoms with van der Waals surface area (Å²) in [5, 5.41) is 35.6. The average molecular weight is 269 g/mol. The highest BCUT2D eigenvalue weighted by Gasteiger charge is 2.04. The van der Waals surface area contributed by atoms with Crippen molar-refractivity contribution in [1.82, 2.24) is 4.98 Å². The van der Waals surface area contributed by atoms with Gasteiger partial charge in [0.1, 0.15) is 17.2 Å². The fraction of sp³-hybridized carbons (Fsp3) is 0. The number of aromatic nitrogens is 1. The highest BCUT2D eigenvalue weighted by atomic mass is 32.1. The van der Waals surface area contributed by atoms with Crippen molar-refractivity contribution in [2.75, 3.05) is 0 Å². The predicted molar refractivity (Wildman–Crippen MR) is 65.1 cm³/mol. The standard InChI is InChI=1S/C9H7N3O3S2/c13-4-1-2-5(6(14)3-4)11-12-8-7(15)10-9(16)17-8/h1-3,13-15H,(H,10,16). The summed E-state index contributed by atoms with van der Waals surface area (Å²) in [6.45, 7) is 0. The predicted octanol–water partition coefficient (Wildman–Crippen LogP) is 3.34. The molecule has 6 nitrogen and oxygen atoms in total. The summed E-state index contributed by atoms with van der Waals surface area (Å²) in [4.78, 5) is 2.50. The van der Waals surface area contributed by atoms with Crippen molar-refractivity contribution in [3.63, 3.8) is 0 Å². The minimum atomic E-state index is -0.202. The van der Waals surface area contributed by atoms with Crippen molar-refractivity contribution in [3.05, 3.63) is 22.2 Å². The van der Waals surface area contributed by atoms with Crippen LogP contribution in [-0.2, 0) is 0 Å². The topological polar surface area (TPSA) is 101 Å². The van der Waals surface area contributed by atoms with Gasteiger partial charge in [0.25, 0.3) is 0 Å². The third kappa shape index (κ3) is 2.60. The molecule has 17 heavy (non-hydrogen) atoms. The normalized spacial score (nSPS) is 11.1. The Morgan fingerprint density at radius 3 is 2.53 bits per heavy atom. The van der Waals surface area contributed by atoms with E-state index in [1.165, 1.54) is 12.1 Å². The summed E-state index contributed by atoms with van der Waals surface area (Å²) in [7, 11) is 0. The molecule has 2 rings (SSSR count). The van der Waals surface area contributed by atoms with Gasteiger partial charge in [-0.15, -0.1) is 10.2 Å². The van der Waals surface area contributed by atoms with Crippen molar-refractivity contribution < 1.29 is 15.3 Å². The number of azo groups is 1. The van der Waals surface area contributed by atoms with Crippen LogP contribution in [0.15, 0.2) is 28.4 Å². The fourth-order valence-corrected chi connectivity index (χ4v) is 1.96. The lowest BCUT2D eigenvalue weighted by Gasteiger charge is -1.97. The van der Waals surface area contributed by atoms with E-state index >= 15 is 0 Å². The van der Waals surface area contributed by atoms with Gasteiger partial charge in [0.05, 0.1) is 0 Å². The van der Waals surface area contributed by atoms with Gasteiger partial charge in [-0.1, -0.05) is 11.3 Å². The van der Waals surface area contributed by atoms with Gasteiger partial charge >= 0.3 is 0 Å². The first-order chi connectivity index (χ1) is 8.06. The van der Waals surface area contributed by atoms with E-state index in [0.717, 1.165) is 17.4 Å². The molecular weight excluding hydrogens is 262 g/mol. The number of rotatable bonds is 2. The zero-order valence-electron chi connectivity index (χ0n) is 8.28. The summed E-state index contributed by atoms with van der Waals surface area (Å²) < 4.78 is 0.381. The van der Waals surface area contributed by atoms with E-state index in [4.69, 9.17) is 17.3 Å². The van der Waals surface area contributed by atoms with Crippen LogP contribution < -0.4 is 0 Å². The van der Waals surface area contributed by atoms with Gasteiger partial charge in [0.2, 0.25) is 10.9 Å². The monoisotopic (exact) mass is 269 g/mol. The van der Waals surface area contributed by atoms with Crippen molar-refractivity contribution in [1.29, 1.82) is 0 Å². The lowest BCUT2D eigenvalue weighted by molar-refractivity contribution is 0.450. The zero-order chi connectivity index (χ0) is 12.4. The average Bonchev–Trinajstić information content (AvgIpc) is 2.56. The van der Waals surface area contributed by atoms with E-state index in [2.05, 4.69) is 15.2 Å². The molecule has 0 amide bonds. The van der Waals surface area contributed by atoms with Gasteiger partial charge in [0.15, 0.2) is 3.95 Å². The van der Waals surface area contributed by atoms with Crippen LogP contribution in [0, 0.1) is 3.95 Å². The minimum absolute atomic E-state index is 0.0680. The third-order valence-corrected chi connectivity index (χ3v) is 2.93. The molecule has 0 aliphatic rings. The van der Waals surface area contributed by atoms with Crippen LogP contribution in [0.2, 0.25) is 0 Å². The fourth-order valence-electron chi connectivity index (χ4n) is 1.08. The lowest BCUT2D eigenvalue weighted by Crippen LogP contribution is -1.68. The molecule has 0 saturated carbocycles. The first-order valence-corrected chi connectivity index (χ1v) is 5.64. The van der Waals surface area contributed by atoms with E-state index in [9.17, 15) is 10.2 Å². The molecule has 0 bridgehead atoms. The number of hydrogen-bond donors (Lipinski definition) is 4. The molecular formula is C9H7N3O3S2. The maximum atomic E-state index is 9.44. The third-order valence-electron chi connectivity index (χ3n) is 1.82. The quantitative estimate of drug-likeness (QED) is 0.496. The Morgan fingerprint density at radius 2 is 1.94 bits per heavy atom. The van der Waals surface area contributed by atoms with E-state index in [-0.39, 0.29) is 28.1 Å². The molecule has 0 radical (unpaired) electrons. The highest BCUT2D eigenvalue weighted by molar-refractivity contribution is 7.73. The second-order valence-electron chi connectivity index (χ2n) is 3.04. The Hall–Kier alpha value is -1.93. The smallest absolute Gasteiger partial charge is 0.229 e. The molecule has 88 valence electrons. The summed E-state index contributed by atoms with van der Waals surface area (Å²) in [6.07, 6.45) is 0. The van der Waals surface area contributed by atoms with Gasteiger partial charge < -0.3 is 20.3 Å². The summed E-state index contributed by atoms with van der Waals surface area (Å²) in [5.74, 6) is -0.434. The van der Waals surface area contributed by atoms with Crippen LogP contribution in [0.5, 0.6) is 17.4 Å². The van der Waals surface area contributed by atoms with Gasteiger partial charge in [-0.05, 0) is 24.4 Å². The largest absolute Gasteiger partial charge is 0.508 e. The van der Waals surface area contributed by atoms with Gasteiger partial charge in [0, 0.05) is 6.07 Å². The molecule has 0 aliphatic heterocycles. The molecule has 8 heteroatoms. The SMILES string of the molecule is Oc1ccc(N=Nc2sc(=S)[nH]c2O)c(O)c1. The van der Waals surface area contributed by atoms with E-state index in [0.29, 0.717) is 3.95 Å². The molecule has 0 atom stereocenters. The van der Waals surface area contributed by atoms with Crippen molar-refractivity contribution in [3.8, 4) is 17.4 Å². The molecule has 0 unspecified atom stereocenters. The number of phenols is 2. The number of nitrogens with zero attached hydrogens (tertiary/aromatic N) is 2. The maximum absolute atomic E-state index is 9.44. The number of nitrogens with one attached hydrogen (secondary N) is 1. The van der Waals surface area contributed by atoms with Crippen LogP contribution in [0.25, 0.3) is 0 Å².